The molecule has 0 saturated heterocycles. The minimum Gasteiger partial charge on any atom is -0.506 e. The molecule has 0 atom stereocenters. The van der Waals surface area contributed by atoms with Crippen LogP contribution < -0.4 is 15.5 Å². The SMILES string of the molecule is CC(C)(CO)CN(CCNCCc1ccc(O)c2[nH]c(=O)sc12)C(=O)CCNCCc1cccc(Cl)c1Cl.O=C(C(=O)C(F)(F)F)C(F)(F)F. The molecule has 0 bridgehead atoms. The average Bonchev–Trinajstić information content (AvgIpc) is 3.44. The van der Waals surface area contributed by atoms with Crippen LogP contribution in [0.25, 0.3) is 10.2 Å². The van der Waals surface area contributed by atoms with E-state index in [0.717, 1.165) is 27.2 Å². The highest BCUT2D eigenvalue weighted by atomic mass is 35.5. The Morgan fingerprint density at radius 3 is 2.04 bits per heavy atom. The lowest BCUT2D eigenvalue weighted by Crippen LogP contribution is -2.44. The molecule has 1 aromatic heterocycles. The summed E-state index contributed by atoms with van der Waals surface area (Å²) in [5.41, 5.74) is 2.02. The highest BCUT2D eigenvalue weighted by Gasteiger charge is 2.54. The number of halogens is 8. The van der Waals surface area contributed by atoms with E-state index >= 15 is 0 Å². The first-order valence-corrected chi connectivity index (χ1v) is 16.5. The fourth-order valence-electron chi connectivity index (χ4n) is 4.39. The Kier molecular flexibility index (Phi) is 16.2. The monoisotopic (exact) mass is 776 g/mol. The third-order valence-corrected chi connectivity index (χ3v) is 8.82. The molecule has 0 aliphatic heterocycles. The van der Waals surface area contributed by atoms with E-state index in [1.807, 2.05) is 32.0 Å². The van der Waals surface area contributed by atoms with Gasteiger partial charge in [0, 0.05) is 44.6 Å². The molecule has 0 radical (unpaired) electrons. The van der Waals surface area contributed by atoms with Gasteiger partial charge in [-0.15, -0.1) is 0 Å². The summed E-state index contributed by atoms with van der Waals surface area (Å²) in [5, 5.41) is 27.5. The Labute approximate surface area is 296 Å². The molecule has 0 unspecified atom stereocenters. The van der Waals surface area contributed by atoms with Crippen molar-refractivity contribution in [2.24, 2.45) is 5.41 Å². The molecule has 1 heterocycles. The maximum Gasteiger partial charge on any atom is 0.458 e. The number of fused-ring (bicyclic) bond motifs is 1. The van der Waals surface area contributed by atoms with Crippen molar-refractivity contribution in [1.29, 1.82) is 0 Å². The number of alkyl halides is 6. The van der Waals surface area contributed by atoms with Crippen molar-refractivity contribution < 1.29 is 50.9 Å². The second kappa shape index (κ2) is 18.9. The van der Waals surface area contributed by atoms with Gasteiger partial charge in [0.2, 0.25) is 5.91 Å². The summed E-state index contributed by atoms with van der Waals surface area (Å²) in [6, 6.07) is 8.99. The number of rotatable bonds is 16. The number of carbonyl (C=O) groups excluding carboxylic acids is 3. The Balaban J connectivity index is 0.000000616. The fraction of sp³-hybridized carbons (Fsp3) is 0.484. The summed E-state index contributed by atoms with van der Waals surface area (Å²) in [4.78, 5) is 48.2. The predicted molar refractivity (Wildman–Crippen MR) is 178 cm³/mol. The van der Waals surface area contributed by atoms with Crippen LogP contribution in [-0.4, -0.2) is 95.8 Å². The zero-order valence-electron chi connectivity index (χ0n) is 26.9. The summed E-state index contributed by atoms with van der Waals surface area (Å²) in [6.45, 7) is 7.30. The maximum atomic E-state index is 13.0. The summed E-state index contributed by atoms with van der Waals surface area (Å²) in [6.07, 6.45) is -9.80. The Morgan fingerprint density at radius 1 is 0.880 bits per heavy atom. The molecule has 50 heavy (non-hydrogen) atoms. The van der Waals surface area contributed by atoms with Crippen LogP contribution in [0.3, 0.4) is 0 Å². The number of aromatic nitrogens is 1. The van der Waals surface area contributed by atoms with E-state index in [2.05, 4.69) is 15.6 Å². The molecular weight excluding hydrogens is 741 g/mol. The van der Waals surface area contributed by atoms with E-state index in [0.29, 0.717) is 74.1 Å². The van der Waals surface area contributed by atoms with Crippen LogP contribution in [0.1, 0.15) is 31.4 Å². The molecule has 2 aromatic carbocycles. The van der Waals surface area contributed by atoms with Crippen LogP contribution in [0, 0.1) is 5.41 Å². The van der Waals surface area contributed by atoms with Gasteiger partial charge in [0.15, 0.2) is 0 Å². The third-order valence-electron chi connectivity index (χ3n) is 7.01. The standard InChI is InChI=1S/C27H36Cl2N4O4S.C4F6O2/c1-27(2,17-34)16-33(22(36)10-13-30-11-8-18-4-3-5-20(28)23(18)29)15-14-31-12-9-19-6-7-21(35)24-25(19)38-26(37)32-24;5-3(6,7)1(11)2(12)4(8,9)10/h3-7,30-31,34-35H,8-17H2,1-2H3,(H,32,37);. The smallest absolute Gasteiger partial charge is 0.458 e. The quantitative estimate of drug-likeness (QED) is 0.0771. The van der Waals surface area contributed by atoms with Crippen LogP contribution in [0.2, 0.25) is 10.0 Å². The molecule has 19 heteroatoms. The molecule has 0 aliphatic carbocycles. The van der Waals surface area contributed by atoms with Crippen molar-refractivity contribution in [3.8, 4) is 5.75 Å². The van der Waals surface area contributed by atoms with Gasteiger partial charge in [0.25, 0.3) is 0 Å². The van der Waals surface area contributed by atoms with Crippen LogP contribution in [0.4, 0.5) is 26.3 Å². The molecule has 5 N–H and O–H groups in total. The van der Waals surface area contributed by atoms with Gasteiger partial charge in [0.05, 0.1) is 14.7 Å². The minimum absolute atomic E-state index is 0.0146. The topological polar surface area (TPSA) is 152 Å². The number of aromatic amines is 1. The number of phenols is 1. The normalized spacial score (nSPS) is 12.1. The number of ketones is 2. The number of hydrogen-bond donors (Lipinski definition) is 5. The third kappa shape index (κ3) is 13.5. The Morgan fingerprint density at radius 2 is 1.46 bits per heavy atom. The lowest BCUT2D eigenvalue weighted by molar-refractivity contribution is -0.193. The van der Waals surface area contributed by atoms with Crippen LogP contribution in [0.5, 0.6) is 5.75 Å². The van der Waals surface area contributed by atoms with Crippen molar-refractivity contribution in [2.45, 2.75) is 45.5 Å². The Bertz CT molecular complexity index is 1660. The zero-order chi connectivity index (χ0) is 37.9. The number of nitrogens with one attached hydrogen (secondary N) is 3. The molecule has 0 aliphatic rings. The molecule has 3 aromatic rings. The highest BCUT2D eigenvalue weighted by molar-refractivity contribution is 7.16. The molecule has 0 fully saturated rings. The summed E-state index contributed by atoms with van der Waals surface area (Å²) in [5.74, 6) is -6.72. The molecular formula is C31H36Cl2F6N4O6S. The highest BCUT2D eigenvalue weighted by Crippen LogP contribution is 2.28. The van der Waals surface area contributed by atoms with E-state index in [1.165, 1.54) is 0 Å². The first-order chi connectivity index (χ1) is 23.2. The average molecular weight is 778 g/mol. The number of nitrogens with zero attached hydrogens (tertiary/aromatic N) is 1. The second-order valence-electron chi connectivity index (χ2n) is 11.7. The number of Topliss-reactive ketones (excluding diaryl/α,β-unsaturated/α-hetero) is 2. The van der Waals surface area contributed by atoms with E-state index in [1.54, 1.807) is 17.0 Å². The Hall–Kier alpha value is -3.22. The fourth-order valence-corrected chi connectivity index (χ4v) is 5.70. The predicted octanol–water partition coefficient (Wildman–Crippen LogP) is 5.05. The van der Waals surface area contributed by atoms with Crippen LogP contribution >= 0.6 is 34.5 Å². The molecule has 10 nitrogen and oxygen atoms in total. The maximum absolute atomic E-state index is 13.0. The first kappa shape index (κ1) is 42.9. The number of H-pyrrole nitrogens is 1. The van der Waals surface area contributed by atoms with Crippen molar-refractivity contribution in [3.63, 3.8) is 0 Å². The molecule has 3 rings (SSSR count). The number of aromatic hydroxyl groups is 1. The van der Waals surface area contributed by atoms with E-state index in [4.69, 9.17) is 23.2 Å². The van der Waals surface area contributed by atoms with Gasteiger partial charge in [-0.2, -0.15) is 26.3 Å². The molecule has 278 valence electrons. The molecule has 1 amide bonds. The number of amides is 1. The number of aliphatic hydroxyl groups excluding tert-OH is 1. The number of thiazole rings is 1. The van der Waals surface area contributed by atoms with Gasteiger partial charge in [-0.1, -0.05) is 66.6 Å². The van der Waals surface area contributed by atoms with Crippen molar-refractivity contribution in [2.75, 3.05) is 45.9 Å². The van der Waals surface area contributed by atoms with Crippen molar-refractivity contribution >= 4 is 62.2 Å². The van der Waals surface area contributed by atoms with Gasteiger partial charge < -0.3 is 30.7 Å². The number of aliphatic hydroxyl groups is 1. The molecule has 0 spiro atoms. The summed E-state index contributed by atoms with van der Waals surface area (Å²) < 4.78 is 67.7. The number of benzene rings is 2. The minimum atomic E-state index is -5.77. The number of hydrogen-bond acceptors (Lipinski definition) is 9. The second-order valence-corrected chi connectivity index (χ2v) is 13.5. The van der Waals surface area contributed by atoms with E-state index in [9.17, 15) is 55.7 Å². The number of carbonyl (C=O) groups is 3. The van der Waals surface area contributed by atoms with E-state index < -0.39 is 29.3 Å². The van der Waals surface area contributed by atoms with Gasteiger partial charge >= 0.3 is 28.8 Å². The van der Waals surface area contributed by atoms with Gasteiger partial charge in [0.1, 0.15) is 11.3 Å². The number of phenolic OH excluding ortho intramolecular Hbond substituents is 1. The van der Waals surface area contributed by atoms with Gasteiger partial charge in [-0.3, -0.25) is 19.2 Å². The van der Waals surface area contributed by atoms with Crippen LogP contribution in [0.15, 0.2) is 35.1 Å². The summed E-state index contributed by atoms with van der Waals surface area (Å²) in [7, 11) is 0. The zero-order valence-corrected chi connectivity index (χ0v) is 29.2. The van der Waals surface area contributed by atoms with Crippen molar-refractivity contribution in [3.05, 3.63) is 61.2 Å². The van der Waals surface area contributed by atoms with E-state index in [-0.39, 0.29) is 23.1 Å². The first-order valence-electron chi connectivity index (χ1n) is 15.0. The lowest BCUT2D eigenvalue weighted by atomic mass is 9.94. The lowest BCUT2D eigenvalue weighted by Gasteiger charge is -2.31. The van der Waals surface area contributed by atoms with Crippen molar-refractivity contribution in [1.82, 2.24) is 20.5 Å². The van der Waals surface area contributed by atoms with Gasteiger partial charge in [-0.05, 0) is 49.2 Å². The largest absolute Gasteiger partial charge is 0.506 e. The van der Waals surface area contributed by atoms with Crippen LogP contribution in [-0.2, 0) is 27.2 Å². The summed E-state index contributed by atoms with van der Waals surface area (Å²) >= 11 is 13.4. The molecule has 0 saturated carbocycles. The van der Waals surface area contributed by atoms with Gasteiger partial charge in [-0.25, -0.2) is 0 Å².